The summed E-state index contributed by atoms with van der Waals surface area (Å²) in [6.45, 7) is 7.00. The summed E-state index contributed by atoms with van der Waals surface area (Å²) >= 11 is 3.01. The van der Waals surface area contributed by atoms with Crippen molar-refractivity contribution in [3.63, 3.8) is 0 Å². The van der Waals surface area contributed by atoms with Crippen LogP contribution in [0.2, 0.25) is 25.7 Å². The number of rotatable bonds is 4. The van der Waals surface area contributed by atoms with Crippen LogP contribution < -0.4 is 4.74 Å². The summed E-state index contributed by atoms with van der Waals surface area (Å²) in [7, 11) is -1.07. The van der Waals surface area contributed by atoms with E-state index in [4.69, 9.17) is 4.74 Å². The van der Waals surface area contributed by atoms with Crippen LogP contribution in [0.15, 0.2) is 30.3 Å². The summed E-state index contributed by atoms with van der Waals surface area (Å²) in [6, 6.07) is 11.0. The predicted octanol–water partition coefficient (Wildman–Crippen LogP) is 2.70. The summed E-state index contributed by atoms with van der Waals surface area (Å²) in [5.41, 5.74) is 0. The molecule has 0 radical (unpaired) electrons. The molecule has 0 saturated carbocycles. The summed E-state index contributed by atoms with van der Waals surface area (Å²) in [5.74, 6) is 0.916. The molecule has 0 heterocycles. The molecule has 0 unspecified atom stereocenters. The Morgan fingerprint density at radius 2 is 1.79 bits per heavy atom. The molecular weight excluding hydrogens is 255 g/mol. The van der Waals surface area contributed by atoms with Gasteiger partial charge in [-0.2, -0.15) is 0 Å². The number of ether oxygens (including phenoxy) is 1. The van der Waals surface area contributed by atoms with Gasteiger partial charge in [-0.1, -0.05) is 0 Å². The van der Waals surface area contributed by atoms with Gasteiger partial charge in [0.25, 0.3) is 0 Å². The van der Waals surface area contributed by atoms with Crippen LogP contribution in [0.3, 0.4) is 0 Å². The van der Waals surface area contributed by atoms with E-state index < -0.39 is 8.07 Å². The molecule has 76 valence electrons. The molecule has 1 nitrogen and oxygen atoms in total. The minimum atomic E-state index is -1.07. The molecule has 1 aromatic carbocycles. The van der Waals surface area contributed by atoms with Crippen molar-refractivity contribution in [1.29, 1.82) is 0 Å². The van der Waals surface area contributed by atoms with E-state index in [9.17, 15) is 0 Å². The predicted molar refractivity (Wildman–Crippen MR) is 66.0 cm³/mol. The van der Waals surface area contributed by atoms with Crippen LogP contribution in [0.4, 0.5) is 0 Å². The van der Waals surface area contributed by atoms with Crippen LogP contribution in [0, 0.1) is 0 Å². The molecule has 0 atom stereocenters. The van der Waals surface area contributed by atoms with Gasteiger partial charge in [-0.15, -0.1) is 0 Å². The Hall–Kier alpha value is -0.374. The fourth-order valence-electron chi connectivity index (χ4n) is 1.09. The van der Waals surface area contributed by atoms with E-state index in [2.05, 4.69) is 35.2 Å². The van der Waals surface area contributed by atoms with E-state index in [0.717, 1.165) is 16.4 Å². The third kappa shape index (κ3) is 4.75. The average molecular weight is 271 g/mol. The fourth-order valence-corrected chi connectivity index (χ4v) is 4.95. The van der Waals surface area contributed by atoms with Crippen LogP contribution in [0.1, 0.15) is 0 Å². The summed E-state index contributed by atoms with van der Waals surface area (Å²) < 4.78 is 6.70. The van der Waals surface area contributed by atoms with Gasteiger partial charge in [0, 0.05) is 0 Å². The number of benzene rings is 1. The van der Waals surface area contributed by atoms with Crippen LogP contribution in [-0.4, -0.2) is 28.3 Å². The van der Waals surface area contributed by atoms with Crippen molar-refractivity contribution in [2.45, 2.75) is 25.7 Å². The Morgan fingerprint density at radius 3 is 2.29 bits per heavy atom. The molecule has 0 fully saturated rings. The van der Waals surface area contributed by atoms with E-state index in [-0.39, 0.29) is 0 Å². The van der Waals surface area contributed by atoms with E-state index in [1.807, 2.05) is 30.3 Å². The van der Waals surface area contributed by atoms with Gasteiger partial charge in [-0.25, -0.2) is 0 Å². The monoisotopic (exact) mass is 272 g/mol. The van der Waals surface area contributed by atoms with Gasteiger partial charge < -0.3 is 0 Å². The first-order valence-corrected chi connectivity index (χ1v) is 9.29. The SMILES string of the molecule is C[Si](C)(C)CC(=[Se])Oc1ccccc1. The van der Waals surface area contributed by atoms with Crippen LogP contribution in [-0.2, 0) is 0 Å². The van der Waals surface area contributed by atoms with Gasteiger partial charge in [-0.05, 0) is 0 Å². The van der Waals surface area contributed by atoms with Gasteiger partial charge in [0.05, 0.1) is 0 Å². The Morgan fingerprint density at radius 1 is 1.21 bits per heavy atom. The first-order valence-electron chi connectivity index (χ1n) is 4.73. The van der Waals surface area contributed by atoms with Crippen molar-refractivity contribution < 1.29 is 4.74 Å². The molecule has 0 aliphatic rings. The van der Waals surface area contributed by atoms with Crippen molar-refractivity contribution in [2.75, 3.05) is 0 Å². The molecule has 1 rings (SSSR count). The average Bonchev–Trinajstić information content (AvgIpc) is 2.02. The Kier molecular flexibility index (Phi) is 4.11. The van der Waals surface area contributed by atoms with Crippen LogP contribution >= 0.6 is 0 Å². The van der Waals surface area contributed by atoms with Crippen LogP contribution in [0.5, 0.6) is 5.75 Å². The van der Waals surface area contributed by atoms with Crippen molar-refractivity contribution in [1.82, 2.24) is 0 Å². The summed E-state index contributed by atoms with van der Waals surface area (Å²) in [6.07, 6.45) is 0. The molecule has 0 amide bonds. The second-order valence-electron chi connectivity index (χ2n) is 4.52. The number of para-hydroxylation sites is 1. The fraction of sp³-hybridized carbons (Fsp3) is 0.364. The van der Waals surface area contributed by atoms with Crippen molar-refractivity contribution >= 4 is 28.3 Å². The maximum atomic E-state index is 5.69. The van der Waals surface area contributed by atoms with Crippen molar-refractivity contribution in [3.05, 3.63) is 30.3 Å². The van der Waals surface area contributed by atoms with E-state index in [1.165, 1.54) is 0 Å². The zero-order valence-corrected chi connectivity index (χ0v) is 11.6. The topological polar surface area (TPSA) is 9.23 Å². The van der Waals surface area contributed by atoms with Gasteiger partial charge in [0.1, 0.15) is 0 Å². The molecule has 0 N–H and O–H groups in total. The van der Waals surface area contributed by atoms with Gasteiger partial charge >= 0.3 is 94.8 Å². The zero-order valence-electron chi connectivity index (χ0n) is 8.91. The van der Waals surface area contributed by atoms with E-state index in [0.29, 0.717) is 0 Å². The third-order valence-electron chi connectivity index (χ3n) is 1.65. The van der Waals surface area contributed by atoms with Crippen molar-refractivity contribution in [2.24, 2.45) is 0 Å². The quantitative estimate of drug-likeness (QED) is 0.765. The second kappa shape index (κ2) is 4.92. The summed E-state index contributed by atoms with van der Waals surface area (Å²) in [5, 5.41) is 0. The maximum absolute atomic E-state index is 5.69. The molecule has 0 saturated heterocycles. The zero-order chi connectivity index (χ0) is 10.6. The molecule has 0 aromatic heterocycles. The first kappa shape index (κ1) is 11.7. The molecule has 0 bridgehead atoms. The van der Waals surface area contributed by atoms with Gasteiger partial charge in [-0.3, -0.25) is 0 Å². The number of hydrogen-bond acceptors (Lipinski definition) is 1. The third-order valence-corrected chi connectivity index (χ3v) is 4.08. The van der Waals surface area contributed by atoms with Crippen molar-refractivity contribution in [3.8, 4) is 5.75 Å². The Balaban J connectivity index is 2.50. The van der Waals surface area contributed by atoms with Gasteiger partial charge in [0.15, 0.2) is 0 Å². The van der Waals surface area contributed by atoms with Crippen LogP contribution in [0.25, 0.3) is 0 Å². The molecule has 14 heavy (non-hydrogen) atoms. The summed E-state index contributed by atoms with van der Waals surface area (Å²) in [4.78, 5) is 0. The Labute approximate surface area is 94.8 Å². The molecule has 0 aliphatic heterocycles. The minimum absolute atomic E-state index is 0.916. The van der Waals surface area contributed by atoms with E-state index in [1.54, 1.807) is 0 Å². The number of hydrogen-bond donors (Lipinski definition) is 0. The molecule has 1 aromatic rings. The Bertz CT molecular complexity index is 303. The standard InChI is InChI=1S/C11H16OSeSi/c1-14(2,3)9-11(13)12-10-7-5-4-6-8-10/h4-8H,9H2,1-3H3. The van der Waals surface area contributed by atoms with Gasteiger partial charge in [0.2, 0.25) is 0 Å². The first-order chi connectivity index (χ1) is 6.47. The molecule has 3 heteroatoms. The second-order valence-corrected chi connectivity index (χ2v) is 11.0. The van der Waals surface area contributed by atoms with E-state index >= 15 is 0 Å². The molecular formula is C11H16OSeSi. The molecule has 0 spiro atoms. The normalized spacial score (nSPS) is 11.1. The molecule has 0 aliphatic carbocycles.